The van der Waals surface area contributed by atoms with Crippen LogP contribution < -0.4 is 9.64 Å². The Balaban J connectivity index is 1.68. The molecule has 2 aromatic heterocycles. The average Bonchev–Trinajstić information content (AvgIpc) is 2.70. The van der Waals surface area contributed by atoms with E-state index in [0.29, 0.717) is 18.2 Å². The van der Waals surface area contributed by atoms with Crippen molar-refractivity contribution in [2.75, 3.05) is 18.6 Å². The van der Waals surface area contributed by atoms with E-state index in [1.54, 1.807) is 30.6 Å². The van der Waals surface area contributed by atoms with Gasteiger partial charge in [0.05, 0.1) is 23.9 Å². The minimum absolute atomic E-state index is 0.00530. The van der Waals surface area contributed by atoms with Gasteiger partial charge in [-0.2, -0.15) is 0 Å². The Morgan fingerprint density at radius 3 is 2.70 bits per heavy atom. The van der Waals surface area contributed by atoms with E-state index in [4.69, 9.17) is 16.3 Å². The molecule has 6 nitrogen and oxygen atoms in total. The molecule has 4 rings (SSSR count). The standard InChI is InChI=1S/C19H17ClFN5O/c1-11-13-10-24-19(18-22-5-3-6-23-18)25-15(13)4-7-26(11)12-8-14(20)17(21)16(9-12)27-2/h3,5-6,8-11H,4,7H2,1-2H3. The minimum atomic E-state index is -0.552. The van der Waals surface area contributed by atoms with E-state index in [1.165, 1.54) is 7.11 Å². The molecule has 1 unspecified atom stereocenters. The van der Waals surface area contributed by atoms with Gasteiger partial charge in [0.2, 0.25) is 0 Å². The van der Waals surface area contributed by atoms with Crippen LogP contribution in [0.2, 0.25) is 5.02 Å². The van der Waals surface area contributed by atoms with Crippen LogP contribution in [-0.2, 0) is 6.42 Å². The highest BCUT2D eigenvalue weighted by molar-refractivity contribution is 6.31. The van der Waals surface area contributed by atoms with Gasteiger partial charge in [-0.3, -0.25) is 0 Å². The van der Waals surface area contributed by atoms with E-state index in [-0.39, 0.29) is 16.8 Å². The number of hydrogen-bond donors (Lipinski definition) is 0. The number of methoxy groups -OCH3 is 1. The first-order chi connectivity index (χ1) is 13.1. The van der Waals surface area contributed by atoms with Gasteiger partial charge in [0.1, 0.15) is 0 Å². The molecule has 0 saturated heterocycles. The zero-order valence-electron chi connectivity index (χ0n) is 14.9. The van der Waals surface area contributed by atoms with Gasteiger partial charge in [-0.25, -0.2) is 24.3 Å². The Bertz CT molecular complexity index is 985. The summed E-state index contributed by atoms with van der Waals surface area (Å²) < 4.78 is 19.1. The first-order valence-electron chi connectivity index (χ1n) is 8.51. The molecule has 1 aliphatic heterocycles. The van der Waals surface area contributed by atoms with Gasteiger partial charge in [-0.05, 0) is 19.1 Å². The highest BCUT2D eigenvalue weighted by Gasteiger charge is 2.27. The zero-order valence-corrected chi connectivity index (χ0v) is 15.6. The lowest BCUT2D eigenvalue weighted by Gasteiger charge is -2.36. The van der Waals surface area contributed by atoms with Crippen molar-refractivity contribution in [3.8, 4) is 17.4 Å². The van der Waals surface area contributed by atoms with Crippen molar-refractivity contribution >= 4 is 17.3 Å². The number of aromatic nitrogens is 4. The smallest absolute Gasteiger partial charge is 0.197 e. The van der Waals surface area contributed by atoms with E-state index in [2.05, 4.69) is 31.8 Å². The predicted molar refractivity (Wildman–Crippen MR) is 100 cm³/mol. The van der Waals surface area contributed by atoms with Crippen molar-refractivity contribution in [3.63, 3.8) is 0 Å². The Kier molecular flexibility index (Phi) is 4.61. The van der Waals surface area contributed by atoms with Crippen LogP contribution in [0.15, 0.2) is 36.8 Å². The van der Waals surface area contributed by atoms with Crippen LogP contribution in [0, 0.1) is 5.82 Å². The van der Waals surface area contributed by atoms with Crippen LogP contribution in [0.3, 0.4) is 0 Å². The Morgan fingerprint density at radius 2 is 1.96 bits per heavy atom. The summed E-state index contributed by atoms with van der Waals surface area (Å²) in [5.74, 6) is 0.596. The number of benzene rings is 1. The van der Waals surface area contributed by atoms with E-state index in [0.717, 1.165) is 23.4 Å². The number of hydrogen-bond acceptors (Lipinski definition) is 6. The molecule has 0 spiro atoms. The fourth-order valence-corrected chi connectivity index (χ4v) is 3.51. The third-order valence-electron chi connectivity index (χ3n) is 4.70. The summed E-state index contributed by atoms with van der Waals surface area (Å²) in [5, 5.41) is 0.0372. The van der Waals surface area contributed by atoms with Crippen LogP contribution in [0.25, 0.3) is 11.6 Å². The third-order valence-corrected chi connectivity index (χ3v) is 4.98. The molecular formula is C19H17ClFN5O. The maximum atomic E-state index is 14.0. The second kappa shape index (κ2) is 7.08. The number of anilines is 1. The van der Waals surface area contributed by atoms with Crippen LogP contribution in [0.5, 0.6) is 5.75 Å². The average molecular weight is 386 g/mol. The molecule has 0 bridgehead atoms. The highest BCUT2D eigenvalue weighted by Crippen LogP contribution is 2.37. The SMILES string of the molecule is COc1cc(N2CCc3nc(-c4ncccn4)ncc3C2C)cc(Cl)c1F. The zero-order chi connectivity index (χ0) is 19.0. The van der Waals surface area contributed by atoms with Crippen LogP contribution in [-0.4, -0.2) is 33.6 Å². The molecule has 0 aliphatic carbocycles. The van der Waals surface area contributed by atoms with Gasteiger partial charge in [0.25, 0.3) is 0 Å². The molecule has 3 aromatic rings. The van der Waals surface area contributed by atoms with Crippen molar-refractivity contribution in [2.24, 2.45) is 0 Å². The summed E-state index contributed by atoms with van der Waals surface area (Å²) in [6.07, 6.45) is 5.87. The summed E-state index contributed by atoms with van der Waals surface area (Å²) in [7, 11) is 1.43. The molecule has 0 amide bonds. The Labute approximate surface area is 161 Å². The molecule has 1 aromatic carbocycles. The van der Waals surface area contributed by atoms with Gasteiger partial charge >= 0.3 is 0 Å². The largest absolute Gasteiger partial charge is 0.494 e. The Morgan fingerprint density at radius 1 is 1.19 bits per heavy atom. The molecule has 8 heteroatoms. The van der Waals surface area contributed by atoms with E-state index < -0.39 is 5.82 Å². The highest BCUT2D eigenvalue weighted by atomic mass is 35.5. The topological polar surface area (TPSA) is 64.0 Å². The quantitative estimate of drug-likeness (QED) is 0.682. The monoisotopic (exact) mass is 385 g/mol. The molecule has 0 fully saturated rings. The van der Waals surface area contributed by atoms with Crippen molar-refractivity contribution in [1.29, 1.82) is 0 Å². The lowest BCUT2D eigenvalue weighted by atomic mass is 9.98. The van der Waals surface area contributed by atoms with Crippen molar-refractivity contribution in [1.82, 2.24) is 19.9 Å². The number of ether oxygens (including phenoxy) is 1. The van der Waals surface area contributed by atoms with Gasteiger partial charge in [-0.15, -0.1) is 0 Å². The fourth-order valence-electron chi connectivity index (χ4n) is 3.30. The van der Waals surface area contributed by atoms with Crippen molar-refractivity contribution in [2.45, 2.75) is 19.4 Å². The van der Waals surface area contributed by atoms with Crippen LogP contribution in [0.1, 0.15) is 24.2 Å². The molecule has 1 atom stereocenters. The first kappa shape index (κ1) is 17.6. The number of nitrogens with zero attached hydrogens (tertiary/aromatic N) is 5. The molecule has 27 heavy (non-hydrogen) atoms. The summed E-state index contributed by atoms with van der Waals surface area (Å²) >= 11 is 6.03. The molecule has 0 saturated carbocycles. The minimum Gasteiger partial charge on any atom is -0.494 e. The number of rotatable bonds is 3. The van der Waals surface area contributed by atoms with Crippen molar-refractivity contribution in [3.05, 3.63) is 58.9 Å². The predicted octanol–water partition coefficient (Wildman–Crippen LogP) is 3.86. The van der Waals surface area contributed by atoms with E-state index in [9.17, 15) is 4.39 Å². The number of halogens is 2. The normalized spacial score (nSPS) is 16.1. The Hall–Kier alpha value is -2.80. The maximum Gasteiger partial charge on any atom is 0.197 e. The first-order valence-corrected chi connectivity index (χ1v) is 8.89. The number of fused-ring (bicyclic) bond motifs is 1. The van der Waals surface area contributed by atoms with E-state index in [1.807, 2.05) is 6.20 Å². The van der Waals surface area contributed by atoms with Gasteiger partial charge < -0.3 is 9.64 Å². The second-order valence-electron chi connectivity index (χ2n) is 6.23. The summed E-state index contributed by atoms with van der Waals surface area (Å²) in [6, 6.07) is 5.04. The fraction of sp³-hybridized carbons (Fsp3) is 0.263. The molecule has 3 heterocycles. The lowest BCUT2D eigenvalue weighted by Crippen LogP contribution is -2.34. The molecule has 1 aliphatic rings. The van der Waals surface area contributed by atoms with E-state index >= 15 is 0 Å². The lowest BCUT2D eigenvalue weighted by molar-refractivity contribution is 0.386. The summed E-state index contributed by atoms with van der Waals surface area (Å²) in [5.41, 5.74) is 2.78. The summed E-state index contributed by atoms with van der Waals surface area (Å²) in [6.45, 7) is 2.77. The van der Waals surface area contributed by atoms with Gasteiger partial charge in [0.15, 0.2) is 23.2 Å². The van der Waals surface area contributed by atoms with Gasteiger partial charge in [0, 0.05) is 48.9 Å². The van der Waals surface area contributed by atoms with Gasteiger partial charge in [-0.1, -0.05) is 11.6 Å². The molecule has 0 radical (unpaired) electrons. The molecule has 138 valence electrons. The van der Waals surface area contributed by atoms with Crippen LogP contribution >= 0.6 is 11.6 Å². The second-order valence-corrected chi connectivity index (χ2v) is 6.64. The molecule has 0 N–H and O–H groups in total. The summed E-state index contributed by atoms with van der Waals surface area (Å²) in [4.78, 5) is 19.6. The molecular weight excluding hydrogens is 369 g/mol. The van der Waals surface area contributed by atoms with Crippen molar-refractivity contribution < 1.29 is 9.13 Å². The maximum absolute atomic E-state index is 14.0. The third kappa shape index (κ3) is 3.19. The van der Waals surface area contributed by atoms with Crippen LogP contribution in [0.4, 0.5) is 10.1 Å².